The Morgan fingerprint density at radius 1 is 1.18 bits per heavy atom. The lowest BCUT2D eigenvalue weighted by molar-refractivity contribution is -0.139. The number of nitrogens with zero attached hydrogens (tertiary/aromatic N) is 6. The Hall–Kier alpha value is -3.64. The van der Waals surface area contributed by atoms with Crippen LogP contribution in [0.3, 0.4) is 0 Å². The zero-order valence-corrected chi connectivity index (χ0v) is 19.5. The second kappa shape index (κ2) is 9.69. The molecule has 1 N–H and O–H groups in total. The van der Waals surface area contributed by atoms with E-state index in [1.54, 1.807) is 19.1 Å². The number of thioether (sulfide) groups is 1. The van der Waals surface area contributed by atoms with E-state index in [1.165, 1.54) is 39.9 Å². The van der Waals surface area contributed by atoms with Crippen molar-refractivity contribution in [2.45, 2.75) is 17.3 Å². The van der Waals surface area contributed by atoms with E-state index in [4.69, 9.17) is 4.74 Å². The van der Waals surface area contributed by atoms with Crippen LogP contribution in [-0.2, 0) is 9.53 Å². The number of tetrazole rings is 1. The molecule has 0 aliphatic carbocycles. The molecule has 1 unspecified atom stereocenters. The SMILES string of the molecule is CCOC(=O)C1=C(CSc2nnc(-c3ccccc3)s2)Nc2nnnn2C1c1cccc(F)c1. The van der Waals surface area contributed by atoms with E-state index in [-0.39, 0.29) is 6.61 Å². The summed E-state index contributed by atoms with van der Waals surface area (Å²) in [5, 5.41) is 24.3. The van der Waals surface area contributed by atoms with Gasteiger partial charge >= 0.3 is 5.97 Å². The molecule has 9 nitrogen and oxygen atoms in total. The number of aromatic nitrogens is 6. The summed E-state index contributed by atoms with van der Waals surface area (Å²) in [4.78, 5) is 13.1. The van der Waals surface area contributed by atoms with Crippen molar-refractivity contribution in [3.63, 3.8) is 0 Å². The summed E-state index contributed by atoms with van der Waals surface area (Å²) in [6.45, 7) is 1.92. The van der Waals surface area contributed by atoms with Crippen molar-refractivity contribution in [2.24, 2.45) is 0 Å². The van der Waals surface area contributed by atoms with Crippen molar-refractivity contribution in [3.05, 3.63) is 77.2 Å². The van der Waals surface area contributed by atoms with Crippen LogP contribution in [0.2, 0.25) is 0 Å². The molecule has 0 saturated heterocycles. The first kappa shape index (κ1) is 22.2. The molecule has 3 heterocycles. The summed E-state index contributed by atoms with van der Waals surface area (Å²) in [6, 6.07) is 15.1. The van der Waals surface area contributed by atoms with Gasteiger partial charge in [0, 0.05) is 17.0 Å². The zero-order chi connectivity index (χ0) is 23.5. The Morgan fingerprint density at radius 3 is 2.82 bits per heavy atom. The lowest BCUT2D eigenvalue weighted by Crippen LogP contribution is -2.31. The minimum atomic E-state index is -0.745. The Morgan fingerprint density at radius 2 is 2.03 bits per heavy atom. The second-order valence-electron chi connectivity index (χ2n) is 7.17. The van der Waals surface area contributed by atoms with Gasteiger partial charge in [-0.05, 0) is 35.0 Å². The number of rotatable bonds is 7. The van der Waals surface area contributed by atoms with Crippen LogP contribution < -0.4 is 5.32 Å². The van der Waals surface area contributed by atoms with Gasteiger partial charge in [0.2, 0.25) is 5.95 Å². The number of fused-ring (bicyclic) bond motifs is 1. The first-order valence-corrected chi connectivity index (χ1v) is 12.2. The molecule has 0 spiro atoms. The molecule has 0 fully saturated rings. The second-order valence-corrected chi connectivity index (χ2v) is 9.37. The predicted molar refractivity (Wildman–Crippen MR) is 126 cm³/mol. The number of anilines is 1. The third-order valence-corrected chi connectivity index (χ3v) is 7.16. The van der Waals surface area contributed by atoms with Gasteiger partial charge in [0.15, 0.2) is 4.34 Å². The fraction of sp³-hybridized carbons (Fsp3) is 0.182. The van der Waals surface area contributed by atoms with Gasteiger partial charge in [0.25, 0.3) is 0 Å². The third kappa shape index (κ3) is 4.41. The summed E-state index contributed by atoms with van der Waals surface area (Å²) in [7, 11) is 0. The molecule has 5 rings (SSSR count). The number of esters is 1. The lowest BCUT2D eigenvalue weighted by Gasteiger charge is -2.28. The summed E-state index contributed by atoms with van der Waals surface area (Å²) >= 11 is 2.88. The lowest BCUT2D eigenvalue weighted by atomic mass is 9.95. The van der Waals surface area contributed by atoms with Crippen molar-refractivity contribution < 1.29 is 13.9 Å². The van der Waals surface area contributed by atoms with Crippen LogP contribution in [0.5, 0.6) is 0 Å². The van der Waals surface area contributed by atoms with Gasteiger partial charge in [-0.25, -0.2) is 9.18 Å². The molecule has 0 saturated carbocycles. The predicted octanol–water partition coefficient (Wildman–Crippen LogP) is 3.96. The number of carbonyl (C=O) groups is 1. The summed E-state index contributed by atoms with van der Waals surface area (Å²) in [6.07, 6.45) is 0. The number of hydrogen-bond donors (Lipinski definition) is 1. The topological polar surface area (TPSA) is 108 Å². The van der Waals surface area contributed by atoms with E-state index in [2.05, 4.69) is 31.0 Å². The van der Waals surface area contributed by atoms with Crippen molar-refractivity contribution >= 4 is 35.0 Å². The van der Waals surface area contributed by atoms with Crippen molar-refractivity contribution in [1.29, 1.82) is 0 Å². The minimum absolute atomic E-state index is 0.192. The first-order chi connectivity index (χ1) is 16.6. The van der Waals surface area contributed by atoms with E-state index in [9.17, 15) is 9.18 Å². The van der Waals surface area contributed by atoms with Gasteiger partial charge in [-0.1, -0.05) is 70.7 Å². The van der Waals surface area contributed by atoms with Crippen LogP contribution >= 0.6 is 23.1 Å². The van der Waals surface area contributed by atoms with E-state index in [1.807, 2.05) is 30.3 Å². The molecule has 0 radical (unpaired) electrons. The highest BCUT2D eigenvalue weighted by atomic mass is 32.2. The maximum Gasteiger partial charge on any atom is 0.338 e. The van der Waals surface area contributed by atoms with Crippen LogP contribution in [0, 0.1) is 5.82 Å². The molecule has 1 aliphatic heterocycles. The molecular formula is C22H18FN7O2S2. The molecule has 4 aromatic rings. The molecule has 1 aliphatic rings. The summed E-state index contributed by atoms with van der Waals surface area (Å²) < 4.78 is 21.6. The normalized spacial score (nSPS) is 15.1. The highest BCUT2D eigenvalue weighted by Gasteiger charge is 2.36. The van der Waals surface area contributed by atoms with E-state index < -0.39 is 17.8 Å². The average Bonchev–Trinajstić information content (AvgIpc) is 3.52. The van der Waals surface area contributed by atoms with Crippen LogP contribution in [0.25, 0.3) is 10.6 Å². The van der Waals surface area contributed by atoms with Gasteiger partial charge in [0.05, 0.1) is 12.2 Å². The van der Waals surface area contributed by atoms with E-state index in [0.29, 0.717) is 28.5 Å². The number of hydrogen-bond acceptors (Lipinski definition) is 10. The van der Waals surface area contributed by atoms with Crippen LogP contribution in [0.1, 0.15) is 18.5 Å². The van der Waals surface area contributed by atoms with E-state index >= 15 is 0 Å². The smallest absolute Gasteiger partial charge is 0.338 e. The van der Waals surface area contributed by atoms with Gasteiger partial charge in [0.1, 0.15) is 16.9 Å². The molecule has 0 amide bonds. The standard InChI is InChI=1S/C22H18FN7O2S2/c1-2-32-20(31)17-16(12-33-22-27-25-19(34-22)13-7-4-3-5-8-13)24-21-26-28-29-30(21)18(17)14-9-6-10-15(23)11-14/h3-11,18H,2,12H2,1H3,(H,24,26,29). The maximum absolute atomic E-state index is 14.1. The molecule has 172 valence electrons. The largest absolute Gasteiger partial charge is 0.463 e. The molecule has 1 atom stereocenters. The van der Waals surface area contributed by atoms with Gasteiger partial charge in [-0.2, -0.15) is 4.68 Å². The molecule has 12 heteroatoms. The highest BCUT2D eigenvalue weighted by molar-refractivity contribution is 8.01. The van der Waals surface area contributed by atoms with Crippen molar-refractivity contribution in [3.8, 4) is 10.6 Å². The molecule has 34 heavy (non-hydrogen) atoms. The average molecular weight is 496 g/mol. The minimum Gasteiger partial charge on any atom is -0.463 e. The number of carbonyl (C=O) groups excluding carboxylic acids is 1. The zero-order valence-electron chi connectivity index (χ0n) is 17.9. The van der Waals surface area contributed by atoms with Crippen LogP contribution in [0.4, 0.5) is 10.3 Å². The fourth-order valence-corrected chi connectivity index (χ4v) is 5.41. The number of halogens is 1. The van der Waals surface area contributed by atoms with Gasteiger partial charge < -0.3 is 10.1 Å². The van der Waals surface area contributed by atoms with Crippen LogP contribution in [-0.4, -0.2) is 48.7 Å². The molecular weight excluding hydrogens is 477 g/mol. The Balaban J connectivity index is 1.50. The molecule has 0 bridgehead atoms. The van der Waals surface area contributed by atoms with E-state index in [0.717, 1.165) is 14.9 Å². The third-order valence-electron chi connectivity index (χ3n) is 5.03. The van der Waals surface area contributed by atoms with Crippen molar-refractivity contribution in [1.82, 2.24) is 30.4 Å². The van der Waals surface area contributed by atoms with Gasteiger partial charge in [-0.15, -0.1) is 10.2 Å². The van der Waals surface area contributed by atoms with Crippen LogP contribution in [0.15, 0.2) is 70.2 Å². The number of nitrogens with one attached hydrogen (secondary N) is 1. The monoisotopic (exact) mass is 495 g/mol. The molecule has 2 aromatic carbocycles. The Bertz CT molecular complexity index is 1360. The fourth-order valence-electron chi connectivity index (χ4n) is 3.58. The summed E-state index contributed by atoms with van der Waals surface area (Å²) in [5.74, 6) is -0.244. The first-order valence-electron chi connectivity index (χ1n) is 10.4. The number of benzene rings is 2. The molecule has 2 aromatic heterocycles. The van der Waals surface area contributed by atoms with Crippen molar-refractivity contribution in [2.75, 3.05) is 17.7 Å². The Kier molecular flexibility index (Phi) is 6.32. The highest BCUT2D eigenvalue weighted by Crippen LogP contribution is 2.38. The number of ether oxygens (including phenoxy) is 1. The maximum atomic E-state index is 14.1. The quantitative estimate of drug-likeness (QED) is 0.301. The summed E-state index contributed by atoms with van der Waals surface area (Å²) in [5.41, 5.74) is 2.39. The van der Waals surface area contributed by atoms with Gasteiger partial charge in [-0.3, -0.25) is 0 Å². The Labute approximate surface area is 202 Å².